The van der Waals surface area contributed by atoms with E-state index in [2.05, 4.69) is 55.0 Å². The Morgan fingerprint density at radius 3 is 1.40 bits per heavy atom. The molecule has 0 aromatic rings. The normalized spacial score (nSPS) is 12.9. The van der Waals surface area contributed by atoms with E-state index in [9.17, 15) is 4.79 Å². The van der Waals surface area contributed by atoms with Crippen LogP contribution in [0.4, 0.5) is 0 Å². The molecular formula is C43H84O5. The van der Waals surface area contributed by atoms with E-state index < -0.39 is 5.97 Å². The standard InChI is InChI=1S/C43H84O5/c1-10-11-12-13-16-21-26-31-39(36-45-37-48-40(44)38(2)3)41(46-34-29-24-19-14-17-22-27-32-42(4,5)6)47-35-30-25-20-15-18-23-28-33-43(7,8)9/h39,41H,2,10-37H2,1,3-9H3. The van der Waals surface area contributed by atoms with Gasteiger partial charge < -0.3 is 18.9 Å². The van der Waals surface area contributed by atoms with Crippen LogP contribution in [0.2, 0.25) is 0 Å². The van der Waals surface area contributed by atoms with Gasteiger partial charge in [-0.05, 0) is 49.9 Å². The van der Waals surface area contributed by atoms with Gasteiger partial charge in [-0.1, -0.05) is 177 Å². The molecule has 0 fully saturated rings. The smallest absolute Gasteiger partial charge is 0.335 e. The molecule has 48 heavy (non-hydrogen) atoms. The molecule has 0 N–H and O–H groups in total. The fourth-order valence-electron chi connectivity index (χ4n) is 6.08. The maximum atomic E-state index is 11.9. The molecule has 5 nitrogen and oxygen atoms in total. The second-order valence-electron chi connectivity index (χ2n) is 17.1. The van der Waals surface area contributed by atoms with Gasteiger partial charge in [-0.3, -0.25) is 0 Å². The number of ether oxygens (including phenoxy) is 4. The van der Waals surface area contributed by atoms with Crippen LogP contribution in [0.1, 0.15) is 209 Å². The number of carbonyl (C=O) groups is 1. The zero-order valence-corrected chi connectivity index (χ0v) is 33.7. The van der Waals surface area contributed by atoms with Gasteiger partial charge in [0, 0.05) is 24.7 Å². The summed E-state index contributed by atoms with van der Waals surface area (Å²) in [6, 6.07) is 0. The van der Waals surface area contributed by atoms with Gasteiger partial charge in [0.05, 0.1) is 6.61 Å². The number of hydrogen-bond donors (Lipinski definition) is 0. The van der Waals surface area contributed by atoms with Gasteiger partial charge in [0.2, 0.25) is 0 Å². The van der Waals surface area contributed by atoms with E-state index in [4.69, 9.17) is 18.9 Å². The Bertz CT molecular complexity index is 700. The highest BCUT2D eigenvalue weighted by Crippen LogP contribution is 2.25. The first-order valence-corrected chi connectivity index (χ1v) is 20.5. The Morgan fingerprint density at radius 2 is 0.979 bits per heavy atom. The van der Waals surface area contributed by atoms with Crippen molar-refractivity contribution in [1.29, 1.82) is 0 Å². The number of esters is 1. The highest BCUT2D eigenvalue weighted by atomic mass is 16.7. The average Bonchev–Trinajstić information content (AvgIpc) is 3.01. The van der Waals surface area contributed by atoms with Crippen molar-refractivity contribution in [2.75, 3.05) is 26.6 Å². The van der Waals surface area contributed by atoms with Crippen LogP contribution in [0.5, 0.6) is 0 Å². The van der Waals surface area contributed by atoms with E-state index in [1.807, 2.05) is 0 Å². The molecule has 1 unspecified atom stereocenters. The number of hydrogen-bond acceptors (Lipinski definition) is 5. The molecule has 0 saturated carbocycles. The van der Waals surface area contributed by atoms with Gasteiger partial charge in [-0.25, -0.2) is 4.79 Å². The third-order valence-electron chi connectivity index (χ3n) is 9.22. The van der Waals surface area contributed by atoms with Crippen LogP contribution in [0, 0.1) is 16.7 Å². The van der Waals surface area contributed by atoms with Crippen LogP contribution in [0.25, 0.3) is 0 Å². The van der Waals surface area contributed by atoms with Crippen molar-refractivity contribution in [3.63, 3.8) is 0 Å². The van der Waals surface area contributed by atoms with Gasteiger partial charge in [-0.15, -0.1) is 0 Å². The molecule has 0 bridgehead atoms. The van der Waals surface area contributed by atoms with Gasteiger partial charge in [0.25, 0.3) is 0 Å². The highest BCUT2D eigenvalue weighted by Gasteiger charge is 2.24. The quantitative estimate of drug-likeness (QED) is 0.0293. The molecular weight excluding hydrogens is 596 g/mol. The Balaban J connectivity index is 4.85. The van der Waals surface area contributed by atoms with Crippen molar-refractivity contribution in [3.8, 4) is 0 Å². The van der Waals surface area contributed by atoms with Gasteiger partial charge in [0.15, 0.2) is 13.1 Å². The molecule has 0 aliphatic carbocycles. The minimum absolute atomic E-state index is 0.0581. The third kappa shape index (κ3) is 33.6. The topological polar surface area (TPSA) is 54.0 Å². The Labute approximate surface area is 300 Å². The Hall–Kier alpha value is -0.910. The van der Waals surface area contributed by atoms with Crippen LogP contribution in [-0.2, 0) is 23.7 Å². The lowest BCUT2D eigenvalue weighted by atomic mass is 9.89. The second-order valence-corrected chi connectivity index (χ2v) is 17.1. The van der Waals surface area contributed by atoms with Crippen molar-refractivity contribution in [2.24, 2.45) is 16.7 Å². The van der Waals surface area contributed by atoms with E-state index in [0.717, 1.165) is 38.9 Å². The molecule has 0 spiro atoms. The minimum Gasteiger partial charge on any atom is -0.435 e. The molecule has 0 aliphatic heterocycles. The van der Waals surface area contributed by atoms with E-state index in [-0.39, 0.29) is 19.0 Å². The third-order valence-corrected chi connectivity index (χ3v) is 9.22. The summed E-state index contributed by atoms with van der Waals surface area (Å²) in [5.41, 5.74) is 1.29. The summed E-state index contributed by atoms with van der Waals surface area (Å²) in [5.74, 6) is -0.291. The number of carbonyl (C=O) groups excluding carboxylic acids is 1. The maximum Gasteiger partial charge on any atom is 0.335 e. The van der Waals surface area contributed by atoms with Crippen LogP contribution in [0.15, 0.2) is 12.2 Å². The molecule has 286 valence electrons. The van der Waals surface area contributed by atoms with Crippen molar-refractivity contribution in [2.45, 2.75) is 216 Å². The SMILES string of the molecule is C=C(C)C(=O)OCOCC(CCCCCCCCC)C(OCCCCCCCCCC(C)(C)C)OCCCCCCCCCC(C)(C)C. The van der Waals surface area contributed by atoms with E-state index in [0.29, 0.717) is 23.0 Å². The van der Waals surface area contributed by atoms with Crippen molar-refractivity contribution in [3.05, 3.63) is 12.2 Å². The maximum absolute atomic E-state index is 11.9. The largest absolute Gasteiger partial charge is 0.435 e. The zero-order chi connectivity index (χ0) is 35.9. The van der Waals surface area contributed by atoms with Gasteiger partial charge >= 0.3 is 5.97 Å². The molecule has 1 atom stereocenters. The lowest BCUT2D eigenvalue weighted by Gasteiger charge is -2.28. The molecule has 0 amide bonds. The fourth-order valence-corrected chi connectivity index (χ4v) is 6.08. The first-order chi connectivity index (χ1) is 22.9. The Kier molecular flexibility index (Phi) is 30.3. The van der Waals surface area contributed by atoms with Gasteiger partial charge in [-0.2, -0.15) is 0 Å². The summed E-state index contributed by atoms with van der Waals surface area (Å²) in [5, 5.41) is 0. The first kappa shape index (κ1) is 47.1. The van der Waals surface area contributed by atoms with Crippen LogP contribution in [0.3, 0.4) is 0 Å². The zero-order valence-electron chi connectivity index (χ0n) is 33.7. The van der Waals surface area contributed by atoms with Crippen LogP contribution < -0.4 is 0 Å². The molecule has 0 aromatic carbocycles. The van der Waals surface area contributed by atoms with Crippen LogP contribution >= 0.6 is 0 Å². The summed E-state index contributed by atoms with van der Waals surface area (Å²) in [6.07, 6.45) is 30.1. The molecule has 0 heterocycles. The molecule has 0 aliphatic rings. The number of unbranched alkanes of at least 4 members (excludes halogenated alkanes) is 18. The monoisotopic (exact) mass is 681 g/mol. The highest BCUT2D eigenvalue weighted by molar-refractivity contribution is 5.86. The molecule has 0 rings (SSSR count). The van der Waals surface area contributed by atoms with Crippen molar-refractivity contribution in [1.82, 2.24) is 0 Å². The van der Waals surface area contributed by atoms with E-state index >= 15 is 0 Å². The molecule has 0 radical (unpaired) electrons. The summed E-state index contributed by atoms with van der Waals surface area (Å²) in [7, 11) is 0. The summed E-state index contributed by atoms with van der Waals surface area (Å²) in [6.45, 7) is 23.5. The predicted octanol–water partition coefficient (Wildman–Crippen LogP) is 13.5. The van der Waals surface area contributed by atoms with Crippen molar-refractivity contribution >= 4 is 5.97 Å². The lowest BCUT2D eigenvalue weighted by Crippen LogP contribution is -2.32. The van der Waals surface area contributed by atoms with Crippen molar-refractivity contribution < 1.29 is 23.7 Å². The lowest BCUT2D eigenvalue weighted by molar-refractivity contribution is -0.193. The number of rotatable bonds is 34. The summed E-state index contributed by atoms with van der Waals surface area (Å²) >= 11 is 0. The minimum atomic E-state index is -0.411. The summed E-state index contributed by atoms with van der Waals surface area (Å²) < 4.78 is 24.1. The Morgan fingerprint density at radius 1 is 0.583 bits per heavy atom. The van der Waals surface area contributed by atoms with E-state index in [1.165, 1.54) is 128 Å². The second kappa shape index (κ2) is 30.9. The van der Waals surface area contributed by atoms with Crippen LogP contribution in [-0.4, -0.2) is 38.9 Å². The average molecular weight is 681 g/mol. The molecule has 0 aromatic heterocycles. The molecule has 5 heteroatoms. The predicted molar refractivity (Wildman–Crippen MR) is 206 cm³/mol. The summed E-state index contributed by atoms with van der Waals surface area (Å²) in [4.78, 5) is 11.9. The molecule has 0 saturated heterocycles. The van der Waals surface area contributed by atoms with E-state index in [1.54, 1.807) is 6.92 Å². The fraction of sp³-hybridized carbons (Fsp3) is 0.930. The van der Waals surface area contributed by atoms with Gasteiger partial charge in [0.1, 0.15) is 0 Å². The first-order valence-electron chi connectivity index (χ1n) is 20.5.